The van der Waals surface area contributed by atoms with E-state index < -0.39 is 0 Å². The highest BCUT2D eigenvalue weighted by molar-refractivity contribution is 7.71. The van der Waals surface area contributed by atoms with Gasteiger partial charge in [-0.15, -0.1) is 0 Å². The Hall–Kier alpha value is -1.55. The van der Waals surface area contributed by atoms with E-state index in [1.54, 1.807) is 12.1 Å². The molecule has 0 unspecified atom stereocenters. The lowest BCUT2D eigenvalue weighted by Gasteiger charge is -2.01. The van der Waals surface area contributed by atoms with Gasteiger partial charge < -0.3 is 4.98 Å². The van der Waals surface area contributed by atoms with Crippen LogP contribution in [0.15, 0.2) is 30.3 Å². The number of nitrogens with one attached hydrogen (secondary N) is 1. The number of aromatic amines is 1. The van der Waals surface area contributed by atoms with Crippen LogP contribution in [0, 0.1) is 17.5 Å². The molecule has 0 spiro atoms. The van der Waals surface area contributed by atoms with Crippen molar-refractivity contribution in [2.45, 2.75) is 6.92 Å². The van der Waals surface area contributed by atoms with E-state index in [9.17, 15) is 4.39 Å². The van der Waals surface area contributed by atoms with Gasteiger partial charge in [0, 0.05) is 11.3 Å². The van der Waals surface area contributed by atoms with Crippen molar-refractivity contribution in [3.63, 3.8) is 0 Å². The minimum absolute atomic E-state index is 0.253. The molecule has 0 aliphatic rings. The molecule has 1 aromatic heterocycles. The molecule has 0 aliphatic heterocycles. The molecule has 0 saturated heterocycles. The zero-order valence-corrected chi connectivity index (χ0v) is 8.94. The fraction of sp³-hybridized carbons (Fsp3) is 0.0909. The van der Waals surface area contributed by atoms with Crippen LogP contribution in [0.5, 0.6) is 0 Å². The van der Waals surface area contributed by atoms with Gasteiger partial charge in [0.05, 0.1) is 5.69 Å². The van der Waals surface area contributed by atoms with Crippen molar-refractivity contribution in [1.82, 2.24) is 9.97 Å². The third-order valence-corrected chi connectivity index (χ3v) is 2.21. The zero-order valence-electron chi connectivity index (χ0n) is 8.12. The first-order valence-electron chi connectivity index (χ1n) is 4.49. The molecule has 4 heteroatoms. The maximum Gasteiger partial charge on any atom is 0.197 e. The second kappa shape index (κ2) is 3.90. The molecule has 0 fully saturated rings. The van der Waals surface area contributed by atoms with Gasteiger partial charge in [0.2, 0.25) is 0 Å². The van der Waals surface area contributed by atoms with E-state index in [2.05, 4.69) is 9.97 Å². The Morgan fingerprint density at radius 2 is 1.93 bits per heavy atom. The van der Waals surface area contributed by atoms with Gasteiger partial charge in [0.25, 0.3) is 0 Å². The molecule has 1 N–H and O–H groups in total. The maximum atomic E-state index is 12.7. The van der Waals surface area contributed by atoms with Gasteiger partial charge in [0.1, 0.15) is 5.82 Å². The van der Waals surface area contributed by atoms with Crippen LogP contribution in [0.25, 0.3) is 11.3 Å². The van der Waals surface area contributed by atoms with Gasteiger partial charge >= 0.3 is 0 Å². The van der Waals surface area contributed by atoms with Gasteiger partial charge in [0.15, 0.2) is 4.77 Å². The van der Waals surface area contributed by atoms with Gasteiger partial charge in [-0.1, -0.05) is 0 Å². The number of aromatic nitrogens is 2. The first kappa shape index (κ1) is 9.98. The summed E-state index contributed by atoms with van der Waals surface area (Å²) in [5.74, 6) is -0.253. The molecule has 2 nitrogen and oxygen atoms in total. The molecular formula is C11H9FN2S. The predicted molar refractivity (Wildman–Crippen MR) is 59.6 cm³/mol. The highest BCUT2D eigenvalue weighted by Gasteiger charge is 2.00. The largest absolute Gasteiger partial charge is 0.335 e. The molecule has 1 heterocycles. The average Bonchev–Trinajstić information content (AvgIpc) is 2.17. The fourth-order valence-corrected chi connectivity index (χ4v) is 1.61. The summed E-state index contributed by atoms with van der Waals surface area (Å²) in [4.78, 5) is 7.09. The van der Waals surface area contributed by atoms with E-state index in [1.165, 1.54) is 12.1 Å². The van der Waals surface area contributed by atoms with E-state index >= 15 is 0 Å². The number of H-pyrrole nitrogens is 1. The third-order valence-electron chi connectivity index (χ3n) is 2.02. The van der Waals surface area contributed by atoms with Crippen molar-refractivity contribution >= 4 is 12.2 Å². The first-order valence-corrected chi connectivity index (χ1v) is 4.90. The van der Waals surface area contributed by atoms with E-state index in [0.29, 0.717) is 4.77 Å². The summed E-state index contributed by atoms with van der Waals surface area (Å²) in [6.45, 7) is 1.91. The Morgan fingerprint density at radius 3 is 2.53 bits per heavy atom. The number of rotatable bonds is 1. The van der Waals surface area contributed by atoms with Crippen molar-refractivity contribution in [3.8, 4) is 11.3 Å². The molecule has 0 radical (unpaired) electrons. The maximum absolute atomic E-state index is 12.7. The Morgan fingerprint density at radius 1 is 1.27 bits per heavy atom. The predicted octanol–water partition coefficient (Wildman–Crippen LogP) is 3.25. The minimum atomic E-state index is -0.253. The molecular weight excluding hydrogens is 211 g/mol. The smallest absolute Gasteiger partial charge is 0.197 e. The van der Waals surface area contributed by atoms with Crippen LogP contribution in [0.3, 0.4) is 0 Å². The van der Waals surface area contributed by atoms with Crippen molar-refractivity contribution in [2.75, 3.05) is 0 Å². The Balaban J connectivity index is 2.54. The van der Waals surface area contributed by atoms with Crippen LogP contribution in [0.2, 0.25) is 0 Å². The first-order chi connectivity index (χ1) is 7.15. The average molecular weight is 220 g/mol. The van der Waals surface area contributed by atoms with Crippen LogP contribution >= 0.6 is 12.2 Å². The highest BCUT2D eigenvalue weighted by atomic mass is 32.1. The molecule has 2 aromatic rings. The summed E-state index contributed by atoms with van der Waals surface area (Å²) < 4.78 is 13.2. The van der Waals surface area contributed by atoms with E-state index in [0.717, 1.165) is 17.0 Å². The Labute approximate surface area is 91.8 Å². The summed E-state index contributed by atoms with van der Waals surface area (Å²) >= 11 is 4.97. The van der Waals surface area contributed by atoms with Crippen LogP contribution in [0.1, 0.15) is 5.69 Å². The molecule has 76 valence electrons. The van der Waals surface area contributed by atoms with Crippen LogP contribution in [-0.4, -0.2) is 9.97 Å². The van der Waals surface area contributed by atoms with Crippen molar-refractivity contribution in [2.24, 2.45) is 0 Å². The lowest BCUT2D eigenvalue weighted by Crippen LogP contribution is -1.90. The van der Waals surface area contributed by atoms with E-state index in [4.69, 9.17) is 12.2 Å². The molecule has 15 heavy (non-hydrogen) atoms. The topological polar surface area (TPSA) is 28.7 Å². The highest BCUT2D eigenvalue weighted by Crippen LogP contribution is 2.17. The molecule has 2 rings (SSSR count). The summed E-state index contributed by atoms with van der Waals surface area (Å²) in [6, 6.07) is 8.07. The van der Waals surface area contributed by atoms with Crippen molar-refractivity contribution in [1.29, 1.82) is 0 Å². The molecule has 0 amide bonds. The minimum Gasteiger partial charge on any atom is -0.335 e. The SMILES string of the molecule is Cc1cc(-c2ccc(F)cc2)nc(=S)[nH]1. The Bertz CT molecular complexity index is 531. The van der Waals surface area contributed by atoms with E-state index in [1.807, 2.05) is 13.0 Å². The van der Waals surface area contributed by atoms with Gasteiger partial charge in [-0.3, -0.25) is 0 Å². The third kappa shape index (κ3) is 2.27. The van der Waals surface area contributed by atoms with Crippen molar-refractivity contribution < 1.29 is 4.39 Å². The summed E-state index contributed by atoms with van der Waals surface area (Å²) in [5, 5.41) is 0. The normalized spacial score (nSPS) is 10.3. The standard InChI is InChI=1S/C11H9FN2S/c1-7-6-10(14-11(15)13-7)8-2-4-9(12)5-3-8/h2-6H,1H3,(H,13,14,15). The zero-order chi connectivity index (χ0) is 10.8. The van der Waals surface area contributed by atoms with Gasteiger partial charge in [-0.25, -0.2) is 9.37 Å². The second-order valence-electron chi connectivity index (χ2n) is 3.26. The number of benzene rings is 1. The quantitative estimate of drug-likeness (QED) is 0.747. The number of nitrogens with zero attached hydrogens (tertiary/aromatic N) is 1. The number of aryl methyl sites for hydroxylation is 1. The summed E-state index contributed by atoms with van der Waals surface area (Å²) in [7, 11) is 0. The lowest BCUT2D eigenvalue weighted by molar-refractivity contribution is 0.628. The van der Waals surface area contributed by atoms with Gasteiger partial charge in [-0.2, -0.15) is 0 Å². The fourth-order valence-electron chi connectivity index (χ4n) is 1.35. The molecule has 0 atom stereocenters. The number of halogens is 1. The molecule has 0 saturated carbocycles. The number of hydrogen-bond donors (Lipinski definition) is 1. The summed E-state index contributed by atoms with van der Waals surface area (Å²) in [5.41, 5.74) is 2.56. The van der Waals surface area contributed by atoms with Gasteiger partial charge in [-0.05, 0) is 49.5 Å². The number of hydrogen-bond acceptors (Lipinski definition) is 2. The van der Waals surface area contributed by atoms with Crippen LogP contribution < -0.4 is 0 Å². The van der Waals surface area contributed by atoms with Crippen molar-refractivity contribution in [3.05, 3.63) is 46.6 Å². The molecule has 1 aromatic carbocycles. The van der Waals surface area contributed by atoms with Crippen LogP contribution in [0.4, 0.5) is 4.39 Å². The molecule has 0 bridgehead atoms. The monoisotopic (exact) mass is 220 g/mol. The van der Waals surface area contributed by atoms with E-state index in [-0.39, 0.29) is 5.82 Å². The van der Waals surface area contributed by atoms with Crippen LogP contribution in [-0.2, 0) is 0 Å². The summed E-state index contributed by atoms with van der Waals surface area (Å²) in [6.07, 6.45) is 0. The molecule has 0 aliphatic carbocycles. The second-order valence-corrected chi connectivity index (χ2v) is 3.65. The lowest BCUT2D eigenvalue weighted by atomic mass is 10.1. The Kier molecular flexibility index (Phi) is 2.60.